The molecule has 5 heteroatoms. The van der Waals surface area contributed by atoms with Gasteiger partial charge in [-0.3, -0.25) is 0 Å². The average molecular weight is 278 g/mol. The van der Waals surface area contributed by atoms with Crippen molar-refractivity contribution in [2.24, 2.45) is 0 Å². The van der Waals surface area contributed by atoms with Gasteiger partial charge in [0, 0.05) is 11.3 Å². The Hall–Kier alpha value is -1.58. The van der Waals surface area contributed by atoms with Crippen LogP contribution >= 0.6 is 23.2 Å². The summed E-state index contributed by atoms with van der Waals surface area (Å²) in [7, 11) is 0. The topological polar surface area (TPSA) is 41.6 Å². The van der Waals surface area contributed by atoms with Gasteiger partial charge < -0.3 is 4.98 Å². The fraction of sp³-hybridized carbons (Fsp3) is 0.0769. The Kier molecular flexibility index (Phi) is 2.73. The van der Waals surface area contributed by atoms with Crippen LogP contribution in [-0.4, -0.2) is 15.0 Å². The summed E-state index contributed by atoms with van der Waals surface area (Å²) >= 11 is 11.9. The summed E-state index contributed by atoms with van der Waals surface area (Å²) in [5, 5.41) is 1.05. The molecule has 0 saturated heterocycles. The Labute approximate surface area is 114 Å². The third-order valence-electron chi connectivity index (χ3n) is 2.68. The minimum absolute atomic E-state index is 0.513. The van der Waals surface area contributed by atoms with Gasteiger partial charge >= 0.3 is 0 Å². The molecule has 0 aliphatic heterocycles. The monoisotopic (exact) mass is 277 g/mol. The molecule has 0 bridgehead atoms. The largest absolute Gasteiger partial charge is 0.337 e. The highest BCUT2D eigenvalue weighted by atomic mass is 35.5. The fourth-order valence-corrected chi connectivity index (χ4v) is 2.07. The van der Waals surface area contributed by atoms with Crippen molar-refractivity contribution in [3.63, 3.8) is 0 Å². The zero-order chi connectivity index (χ0) is 12.7. The van der Waals surface area contributed by atoms with E-state index in [0.29, 0.717) is 15.7 Å². The summed E-state index contributed by atoms with van der Waals surface area (Å²) in [6.45, 7) is 1.94. The molecule has 0 spiro atoms. The first-order chi connectivity index (χ1) is 8.63. The highest BCUT2D eigenvalue weighted by molar-refractivity contribution is 6.42. The molecule has 18 heavy (non-hydrogen) atoms. The molecular weight excluding hydrogens is 269 g/mol. The Morgan fingerprint density at radius 3 is 2.61 bits per heavy atom. The number of hydrogen-bond donors (Lipinski definition) is 1. The van der Waals surface area contributed by atoms with Crippen LogP contribution in [0.1, 0.15) is 5.69 Å². The molecule has 2 aromatic heterocycles. The van der Waals surface area contributed by atoms with Crippen molar-refractivity contribution in [2.45, 2.75) is 6.92 Å². The fourth-order valence-electron chi connectivity index (χ4n) is 1.77. The van der Waals surface area contributed by atoms with Gasteiger partial charge in [-0.25, -0.2) is 9.97 Å². The molecule has 0 saturated carbocycles. The van der Waals surface area contributed by atoms with E-state index in [0.717, 1.165) is 22.6 Å². The van der Waals surface area contributed by atoms with Crippen LogP contribution in [0.3, 0.4) is 0 Å². The molecule has 0 aliphatic carbocycles. The van der Waals surface area contributed by atoms with Crippen LogP contribution in [0.5, 0.6) is 0 Å². The normalized spacial score (nSPS) is 11.1. The van der Waals surface area contributed by atoms with Gasteiger partial charge in [-0.05, 0) is 37.3 Å². The Morgan fingerprint density at radius 1 is 1.00 bits per heavy atom. The lowest BCUT2D eigenvalue weighted by atomic mass is 10.2. The van der Waals surface area contributed by atoms with E-state index < -0.39 is 0 Å². The summed E-state index contributed by atoms with van der Waals surface area (Å²) in [4.78, 5) is 12.0. The maximum Gasteiger partial charge on any atom is 0.178 e. The molecule has 0 radical (unpaired) electrons. The van der Waals surface area contributed by atoms with E-state index in [1.54, 1.807) is 12.1 Å². The van der Waals surface area contributed by atoms with Crippen molar-refractivity contribution < 1.29 is 0 Å². The van der Waals surface area contributed by atoms with E-state index in [2.05, 4.69) is 15.0 Å². The lowest BCUT2D eigenvalue weighted by Crippen LogP contribution is -1.81. The number of H-pyrrole nitrogens is 1. The number of imidazole rings is 1. The van der Waals surface area contributed by atoms with Crippen molar-refractivity contribution in [3.05, 3.63) is 46.1 Å². The van der Waals surface area contributed by atoms with E-state index in [1.807, 2.05) is 25.1 Å². The standard InChI is InChI=1S/C13H9Cl2N3/c1-7-2-5-11-13(16-7)18-12(17-11)8-3-4-9(14)10(15)6-8/h2-6H,1H3,(H,16,17,18). The van der Waals surface area contributed by atoms with Crippen LogP contribution in [0, 0.1) is 6.92 Å². The predicted octanol–water partition coefficient (Wildman–Crippen LogP) is 4.24. The number of hydrogen-bond acceptors (Lipinski definition) is 2. The molecule has 2 heterocycles. The number of aromatic amines is 1. The Balaban J connectivity index is 2.16. The quantitative estimate of drug-likeness (QED) is 0.723. The minimum Gasteiger partial charge on any atom is -0.337 e. The van der Waals surface area contributed by atoms with Crippen LogP contribution in [0.15, 0.2) is 30.3 Å². The van der Waals surface area contributed by atoms with Gasteiger partial charge in [0.2, 0.25) is 0 Å². The molecule has 3 aromatic rings. The van der Waals surface area contributed by atoms with Crippen LogP contribution in [0.25, 0.3) is 22.6 Å². The second kappa shape index (κ2) is 4.26. The first-order valence-electron chi connectivity index (χ1n) is 5.42. The maximum atomic E-state index is 6.00. The molecule has 0 unspecified atom stereocenters. The van der Waals surface area contributed by atoms with Crippen molar-refractivity contribution in [1.29, 1.82) is 0 Å². The highest BCUT2D eigenvalue weighted by Gasteiger charge is 2.08. The Bertz CT molecular complexity index is 734. The predicted molar refractivity (Wildman–Crippen MR) is 74.1 cm³/mol. The van der Waals surface area contributed by atoms with Gasteiger partial charge in [0.15, 0.2) is 5.65 Å². The average Bonchev–Trinajstić information content (AvgIpc) is 2.75. The summed E-state index contributed by atoms with van der Waals surface area (Å²) in [6, 6.07) is 9.32. The first-order valence-corrected chi connectivity index (χ1v) is 6.18. The van der Waals surface area contributed by atoms with Crippen molar-refractivity contribution >= 4 is 34.4 Å². The minimum atomic E-state index is 0.513. The molecule has 0 aliphatic rings. The third kappa shape index (κ3) is 1.96. The number of rotatable bonds is 1. The molecule has 90 valence electrons. The van der Waals surface area contributed by atoms with Crippen LogP contribution in [0.4, 0.5) is 0 Å². The van der Waals surface area contributed by atoms with E-state index in [9.17, 15) is 0 Å². The molecule has 1 aromatic carbocycles. The van der Waals surface area contributed by atoms with Crippen molar-refractivity contribution in [3.8, 4) is 11.4 Å². The van der Waals surface area contributed by atoms with Gasteiger partial charge in [-0.2, -0.15) is 0 Å². The van der Waals surface area contributed by atoms with E-state index in [-0.39, 0.29) is 0 Å². The van der Waals surface area contributed by atoms with Gasteiger partial charge in [0.05, 0.1) is 15.6 Å². The number of fused-ring (bicyclic) bond motifs is 1. The maximum absolute atomic E-state index is 6.00. The van der Waals surface area contributed by atoms with Gasteiger partial charge in [-0.1, -0.05) is 23.2 Å². The zero-order valence-corrected chi connectivity index (χ0v) is 11.0. The van der Waals surface area contributed by atoms with Gasteiger partial charge in [0.1, 0.15) is 5.82 Å². The molecule has 0 amide bonds. The third-order valence-corrected chi connectivity index (χ3v) is 3.42. The number of nitrogens with one attached hydrogen (secondary N) is 1. The summed E-state index contributed by atoms with van der Waals surface area (Å²) in [6.07, 6.45) is 0. The lowest BCUT2D eigenvalue weighted by Gasteiger charge is -1.98. The summed E-state index contributed by atoms with van der Waals surface area (Å²) in [5.41, 5.74) is 3.44. The molecule has 3 nitrogen and oxygen atoms in total. The summed E-state index contributed by atoms with van der Waals surface area (Å²) < 4.78 is 0. The lowest BCUT2D eigenvalue weighted by molar-refractivity contribution is 1.22. The zero-order valence-electron chi connectivity index (χ0n) is 9.54. The molecule has 0 fully saturated rings. The smallest absolute Gasteiger partial charge is 0.178 e. The van der Waals surface area contributed by atoms with Gasteiger partial charge in [-0.15, -0.1) is 0 Å². The van der Waals surface area contributed by atoms with Crippen molar-refractivity contribution in [2.75, 3.05) is 0 Å². The summed E-state index contributed by atoms with van der Waals surface area (Å²) in [5.74, 6) is 0.738. The van der Waals surface area contributed by atoms with Crippen LogP contribution in [-0.2, 0) is 0 Å². The first kappa shape index (κ1) is 11.5. The number of aromatic nitrogens is 3. The Morgan fingerprint density at radius 2 is 1.83 bits per heavy atom. The SMILES string of the molecule is Cc1ccc2[nH]c(-c3ccc(Cl)c(Cl)c3)nc2n1. The van der Waals surface area contributed by atoms with Crippen molar-refractivity contribution in [1.82, 2.24) is 15.0 Å². The van der Waals surface area contributed by atoms with E-state index in [4.69, 9.17) is 23.2 Å². The van der Waals surface area contributed by atoms with E-state index in [1.165, 1.54) is 0 Å². The molecular formula is C13H9Cl2N3. The number of halogens is 2. The molecule has 0 atom stereocenters. The molecule has 1 N–H and O–H groups in total. The molecule has 3 rings (SSSR count). The second-order valence-electron chi connectivity index (χ2n) is 4.04. The number of benzene rings is 1. The van der Waals surface area contributed by atoms with Gasteiger partial charge in [0.25, 0.3) is 0 Å². The number of aryl methyl sites for hydroxylation is 1. The number of nitrogens with zero attached hydrogens (tertiary/aromatic N) is 2. The highest BCUT2D eigenvalue weighted by Crippen LogP contribution is 2.27. The van der Waals surface area contributed by atoms with Crippen LogP contribution < -0.4 is 0 Å². The van der Waals surface area contributed by atoms with Crippen LogP contribution in [0.2, 0.25) is 10.0 Å². The number of pyridine rings is 1. The van der Waals surface area contributed by atoms with E-state index >= 15 is 0 Å². The second-order valence-corrected chi connectivity index (χ2v) is 4.85.